The van der Waals surface area contributed by atoms with Gasteiger partial charge in [-0.15, -0.1) is 4.40 Å². The number of halogens is 2. The lowest BCUT2D eigenvalue weighted by Gasteiger charge is -2.24. The van der Waals surface area contributed by atoms with Crippen molar-refractivity contribution < 1.29 is 17.9 Å². The third-order valence-electron chi connectivity index (χ3n) is 6.47. The number of guanidine groups is 2. The Morgan fingerprint density at radius 2 is 1.52 bits per heavy atom. The molecule has 0 aromatic heterocycles. The number of hydrogen-bond donors (Lipinski definition) is 1. The molecule has 3 aromatic carbocycles. The van der Waals surface area contributed by atoms with Crippen molar-refractivity contribution in [1.29, 1.82) is 0 Å². The molecule has 0 spiro atoms. The SMILES string of the molecule is COCCN(CCOC)/C(N)=N/C(=N/S(=O)(=O)c1ccc(Cl)cc1)N1CC(c2ccccc2)C(c2ccc(Cl)cc2)=N1. The largest absolute Gasteiger partial charge is 0.383 e. The normalized spacial score (nSPS) is 16.0. The molecule has 4 rings (SSSR count). The van der Waals surface area contributed by atoms with Gasteiger partial charge in [0.15, 0.2) is 5.96 Å². The molecule has 0 radical (unpaired) electrons. The molecule has 10 nitrogen and oxygen atoms in total. The van der Waals surface area contributed by atoms with Crippen molar-refractivity contribution in [2.24, 2.45) is 20.2 Å². The Balaban J connectivity index is 1.83. The fraction of sp³-hybridized carbons (Fsp3) is 0.276. The van der Waals surface area contributed by atoms with Crippen molar-refractivity contribution in [1.82, 2.24) is 9.91 Å². The first-order chi connectivity index (χ1) is 20.2. The fourth-order valence-electron chi connectivity index (χ4n) is 4.26. The van der Waals surface area contributed by atoms with E-state index in [-0.39, 0.29) is 29.3 Å². The highest BCUT2D eigenvalue weighted by atomic mass is 35.5. The topological polar surface area (TPSA) is 122 Å². The number of methoxy groups -OCH3 is 2. The third kappa shape index (κ3) is 8.08. The number of hydrazone groups is 1. The van der Waals surface area contributed by atoms with Gasteiger partial charge in [0.2, 0.25) is 0 Å². The second-order valence-corrected chi connectivity index (χ2v) is 11.8. The minimum Gasteiger partial charge on any atom is -0.383 e. The summed E-state index contributed by atoms with van der Waals surface area (Å²) >= 11 is 12.1. The molecule has 0 bridgehead atoms. The second-order valence-electron chi connectivity index (χ2n) is 9.30. The van der Waals surface area contributed by atoms with Crippen LogP contribution in [-0.4, -0.2) is 83.0 Å². The summed E-state index contributed by atoms with van der Waals surface area (Å²) in [4.78, 5) is 6.20. The van der Waals surface area contributed by atoms with Crippen molar-refractivity contribution in [3.63, 3.8) is 0 Å². The maximum Gasteiger partial charge on any atom is 0.285 e. The van der Waals surface area contributed by atoms with Crippen LogP contribution in [-0.2, 0) is 19.5 Å². The van der Waals surface area contributed by atoms with Crippen molar-refractivity contribution in [2.75, 3.05) is 47.1 Å². The smallest absolute Gasteiger partial charge is 0.285 e. The van der Waals surface area contributed by atoms with Gasteiger partial charge in [0.1, 0.15) is 0 Å². The highest BCUT2D eigenvalue weighted by Gasteiger charge is 2.33. The molecule has 0 amide bonds. The molecule has 1 unspecified atom stereocenters. The molecule has 2 N–H and O–H groups in total. The first-order valence-electron chi connectivity index (χ1n) is 13.1. The van der Waals surface area contributed by atoms with E-state index in [9.17, 15) is 8.42 Å². The fourth-order valence-corrected chi connectivity index (χ4v) is 5.45. The Bertz CT molecular complexity index is 1520. The summed E-state index contributed by atoms with van der Waals surface area (Å²) < 4.78 is 41.5. The molecule has 1 aliphatic rings. The van der Waals surface area contributed by atoms with E-state index in [0.29, 0.717) is 42.1 Å². The summed E-state index contributed by atoms with van der Waals surface area (Å²) in [6.45, 7) is 1.81. The van der Waals surface area contributed by atoms with Crippen LogP contribution in [0.2, 0.25) is 10.0 Å². The average molecular weight is 632 g/mol. The van der Waals surface area contributed by atoms with Gasteiger partial charge in [-0.1, -0.05) is 65.7 Å². The van der Waals surface area contributed by atoms with Crippen LogP contribution in [0.15, 0.2) is 98.2 Å². The lowest BCUT2D eigenvalue weighted by Crippen LogP contribution is -2.43. The van der Waals surface area contributed by atoms with Crippen LogP contribution in [0.5, 0.6) is 0 Å². The van der Waals surface area contributed by atoms with Crippen LogP contribution in [0.3, 0.4) is 0 Å². The zero-order valence-electron chi connectivity index (χ0n) is 23.2. The summed E-state index contributed by atoms with van der Waals surface area (Å²) in [7, 11) is -1.06. The minimum absolute atomic E-state index is 0.0422. The number of ether oxygens (including phenoxy) is 2. The molecular formula is C29H32Cl2N6O4S. The quantitative estimate of drug-likeness (QED) is 0.259. The number of hydrogen-bond acceptors (Lipinski definition) is 5. The van der Waals surface area contributed by atoms with Crippen LogP contribution in [0.4, 0.5) is 0 Å². The number of benzene rings is 3. The van der Waals surface area contributed by atoms with E-state index in [0.717, 1.165) is 11.1 Å². The van der Waals surface area contributed by atoms with E-state index in [1.165, 1.54) is 29.3 Å². The highest BCUT2D eigenvalue weighted by Crippen LogP contribution is 2.30. The number of sulfonamides is 1. The van der Waals surface area contributed by atoms with Gasteiger partial charge in [-0.25, -0.2) is 5.01 Å². The van der Waals surface area contributed by atoms with Crippen LogP contribution in [0.25, 0.3) is 0 Å². The second kappa shape index (κ2) is 14.6. The number of aliphatic imine (C=N–C) groups is 1. The predicted molar refractivity (Wildman–Crippen MR) is 167 cm³/mol. The van der Waals surface area contributed by atoms with Crippen molar-refractivity contribution in [3.8, 4) is 0 Å². The molecule has 1 atom stereocenters. The summed E-state index contributed by atoms with van der Waals surface area (Å²) in [5.41, 5.74) is 8.96. The Morgan fingerprint density at radius 1 is 0.952 bits per heavy atom. The van der Waals surface area contributed by atoms with Crippen molar-refractivity contribution in [2.45, 2.75) is 10.8 Å². The van der Waals surface area contributed by atoms with Gasteiger partial charge in [0.25, 0.3) is 16.0 Å². The van der Waals surface area contributed by atoms with Crippen molar-refractivity contribution in [3.05, 3.63) is 100 Å². The summed E-state index contributed by atoms with van der Waals surface area (Å²) in [6, 6.07) is 22.8. The molecule has 1 heterocycles. The molecule has 3 aromatic rings. The van der Waals surface area contributed by atoms with Gasteiger partial charge >= 0.3 is 0 Å². The maximum atomic E-state index is 13.5. The molecule has 42 heavy (non-hydrogen) atoms. The van der Waals surface area contributed by atoms with Gasteiger partial charge in [0.05, 0.1) is 30.4 Å². The monoisotopic (exact) mass is 630 g/mol. The van der Waals surface area contributed by atoms with Gasteiger partial charge < -0.3 is 20.1 Å². The molecule has 0 saturated heterocycles. The molecule has 0 aliphatic carbocycles. The minimum atomic E-state index is -4.22. The molecule has 1 aliphatic heterocycles. The van der Waals surface area contributed by atoms with E-state index >= 15 is 0 Å². The first kappa shape index (κ1) is 31.5. The Hall–Kier alpha value is -3.48. The van der Waals surface area contributed by atoms with Crippen LogP contribution in [0, 0.1) is 0 Å². The van der Waals surface area contributed by atoms with Gasteiger partial charge in [-0.3, -0.25) is 0 Å². The maximum absolute atomic E-state index is 13.5. The third-order valence-corrected chi connectivity index (χ3v) is 8.24. The average Bonchev–Trinajstić information content (AvgIpc) is 3.43. The lowest BCUT2D eigenvalue weighted by atomic mass is 9.91. The molecule has 13 heteroatoms. The van der Waals surface area contributed by atoms with Gasteiger partial charge in [0, 0.05) is 43.3 Å². The van der Waals surface area contributed by atoms with E-state index in [2.05, 4.69) is 9.39 Å². The Labute approximate surface area is 256 Å². The van der Waals surface area contributed by atoms with Crippen molar-refractivity contribution >= 4 is 50.9 Å². The first-order valence-corrected chi connectivity index (χ1v) is 15.3. The summed E-state index contributed by atoms with van der Waals surface area (Å²) in [6.07, 6.45) is 0. The predicted octanol–water partition coefficient (Wildman–Crippen LogP) is 4.45. The van der Waals surface area contributed by atoms with Crippen LogP contribution in [0.1, 0.15) is 17.0 Å². The zero-order valence-corrected chi connectivity index (χ0v) is 25.6. The van der Waals surface area contributed by atoms with E-state index in [1.54, 1.807) is 31.3 Å². The van der Waals surface area contributed by atoms with E-state index in [4.69, 9.17) is 43.5 Å². The van der Waals surface area contributed by atoms with E-state index < -0.39 is 10.0 Å². The van der Waals surface area contributed by atoms with Crippen LogP contribution < -0.4 is 5.73 Å². The summed E-state index contributed by atoms with van der Waals surface area (Å²) in [5, 5.41) is 7.29. The number of nitrogens with zero attached hydrogens (tertiary/aromatic N) is 5. The zero-order chi connectivity index (χ0) is 30.1. The van der Waals surface area contributed by atoms with Gasteiger partial charge in [-0.2, -0.15) is 18.5 Å². The lowest BCUT2D eigenvalue weighted by molar-refractivity contribution is 0.145. The summed E-state index contributed by atoms with van der Waals surface area (Å²) in [5.74, 6) is -0.363. The molecule has 222 valence electrons. The Morgan fingerprint density at radius 3 is 2.10 bits per heavy atom. The molecule has 0 fully saturated rings. The van der Waals surface area contributed by atoms with E-state index in [1.807, 2.05) is 42.5 Å². The number of rotatable bonds is 10. The highest BCUT2D eigenvalue weighted by molar-refractivity contribution is 7.90. The van der Waals surface area contributed by atoms with Gasteiger partial charge in [-0.05, 0) is 47.5 Å². The van der Waals surface area contributed by atoms with Crippen LogP contribution >= 0.6 is 23.2 Å². The Kier molecular flexibility index (Phi) is 10.9. The molecular weight excluding hydrogens is 599 g/mol. The number of nitrogens with two attached hydrogens (primary N) is 1. The standard InChI is InChI=1S/C29H32Cl2N6O4S/c1-40-18-16-36(17-19-41-2)28(32)33-29(35-42(38,39)25-14-12-24(31)13-15-25)37-20-26(21-6-4-3-5-7-21)27(34-37)22-8-10-23(30)11-9-22/h3-15,26H,16-20H2,1-2H3,(H2,32,33,35). The molecule has 0 saturated carbocycles.